The van der Waals surface area contributed by atoms with Crippen LogP contribution in [-0.2, 0) is 5.41 Å². The standard InChI is InChI=1S/C24H41N3O2/c1-19-15-20(24(2,3)4)8-9-23(19)29-18-22(28)17-26-11-13-27(14-12-26)21-7-6-10-25(5)16-21/h8-9,15,21-22,28H,6-7,10-14,16-18H2,1-5H3. The molecule has 2 aliphatic rings. The minimum atomic E-state index is -0.455. The lowest BCUT2D eigenvalue weighted by atomic mass is 9.86. The summed E-state index contributed by atoms with van der Waals surface area (Å²) in [6.45, 7) is 16.5. The maximum absolute atomic E-state index is 10.5. The van der Waals surface area contributed by atoms with E-state index < -0.39 is 6.10 Å². The van der Waals surface area contributed by atoms with E-state index in [0.717, 1.165) is 37.5 Å². The highest BCUT2D eigenvalue weighted by atomic mass is 16.5. The number of likely N-dealkylation sites (tertiary alicyclic amines) is 1. The second kappa shape index (κ2) is 9.78. The number of hydrogen-bond donors (Lipinski definition) is 1. The summed E-state index contributed by atoms with van der Waals surface area (Å²) in [4.78, 5) is 7.49. The number of piperidine rings is 1. The van der Waals surface area contributed by atoms with Gasteiger partial charge in [-0.3, -0.25) is 9.80 Å². The van der Waals surface area contributed by atoms with Crippen LogP contribution in [0.15, 0.2) is 18.2 Å². The van der Waals surface area contributed by atoms with E-state index in [-0.39, 0.29) is 5.41 Å². The molecule has 5 heteroatoms. The van der Waals surface area contributed by atoms with Gasteiger partial charge in [0.1, 0.15) is 18.5 Å². The predicted molar refractivity (Wildman–Crippen MR) is 120 cm³/mol. The summed E-state index contributed by atoms with van der Waals surface area (Å²) >= 11 is 0. The Morgan fingerprint density at radius 2 is 1.86 bits per heavy atom. The number of aliphatic hydroxyl groups is 1. The summed E-state index contributed by atoms with van der Waals surface area (Å²) < 4.78 is 5.94. The Balaban J connectivity index is 1.41. The first kappa shape index (κ1) is 22.5. The molecule has 0 saturated carbocycles. The van der Waals surface area contributed by atoms with E-state index in [1.165, 1.54) is 31.5 Å². The van der Waals surface area contributed by atoms with E-state index in [2.05, 4.69) is 61.6 Å². The van der Waals surface area contributed by atoms with Crippen molar-refractivity contribution in [3.63, 3.8) is 0 Å². The molecule has 0 aliphatic carbocycles. The van der Waals surface area contributed by atoms with E-state index in [9.17, 15) is 5.11 Å². The highest BCUT2D eigenvalue weighted by Gasteiger charge is 2.27. The van der Waals surface area contributed by atoms with Gasteiger partial charge in [-0.15, -0.1) is 0 Å². The molecule has 2 atom stereocenters. The monoisotopic (exact) mass is 403 g/mol. The van der Waals surface area contributed by atoms with Crippen LogP contribution in [0.1, 0.15) is 44.7 Å². The van der Waals surface area contributed by atoms with Crippen molar-refractivity contribution in [1.82, 2.24) is 14.7 Å². The molecule has 2 unspecified atom stereocenters. The molecule has 2 fully saturated rings. The molecule has 1 N–H and O–H groups in total. The van der Waals surface area contributed by atoms with Crippen LogP contribution < -0.4 is 4.74 Å². The Morgan fingerprint density at radius 1 is 1.14 bits per heavy atom. The van der Waals surface area contributed by atoms with Crippen LogP contribution in [0.2, 0.25) is 0 Å². The van der Waals surface area contributed by atoms with Gasteiger partial charge in [0.15, 0.2) is 0 Å². The smallest absolute Gasteiger partial charge is 0.122 e. The average Bonchev–Trinajstić information content (AvgIpc) is 2.67. The van der Waals surface area contributed by atoms with Crippen molar-refractivity contribution in [2.45, 2.75) is 58.1 Å². The van der Waals surface area contributed by atoms with Gasteiger partial charge in [0, 0.05) is 45.3 Å². The van der Waals surface area contributed by atoms with E-state index in [0.29, 0.717) is 19.2 Å². The second-order valence-electron chi connectivity index (χ2n) is 10.1. The van der Waals surface area contributed by atoms with E-state index >= 15 is 0 Å². The fraction of sp³-hybridized carbons (Fsp3) is 0.750. The molecule has 5 nitrogen and oxygen atoms in total. The normalized spacial score (nSPS) is 23.9. The van der Waals surface area contributed by atoms with Crippen LogP contribution in [0.3, 0.4) is 0 Å². The number of piperazine rings is 1. The molecule has 29 heavy (non-hydrogen) atoms. The van der Waals surface area contributed by atoms with Crippen LogP contribution in [0, 0.1) is 6.92 Å². The zero-order valence-electron chi connectivity index (χ0n) is 19.2. The summed E-state index contributed by atoms with van der Waals surface area (Å²) in [5, 5.41) is 10.5. The molecule has 2 aliphatic heterocycles. The molecule has 0 amide bonds. The van der Waals surface area contributed by atoms with E-state index in [4.69, 9.17) is 4.74 Å². The topological polar surface area (TPSA) is 39.2 Å². The first-order valence-electron chi connectivity index (χ1n) is 11.3. The van der Waals surface area contributed by atoms with Crippen LogP contribution in [0.5, 0.6) is 5.75 Å². The van der Waals surface area contributed by atoms with Crippen molar-refractivity contribution in [1.29, 1.82) is 0 Å². The molecule has 0 bridgehead atoms. The molecule has 0 aromatic heterocycles. The molecule has 3 rings (SSSR count). The van der Waals surface area contributed by atoms with Gasteiger partial charge in [-0.05, 0) is 56.0 Å². The molecule has 164 valence electrons. The van der Waals surface area contributed by atoms with Crippen molar-refractivity contribution < 1.29 is 9.84 Å². The highest BCUT2D eigenvalue weighted by molar-refractivity contribution is 5.38. The molecule has 1 aromatic carbocycles. The quantitative estimate of drug-likeness (QED) is 0.791. The second-order valence-corrected chi connectivity index (χ2v) is 10.1. The zero-order chi connectivity index (χ0) is 21.0. The summed E-state index contributed by atoms with van der Waals surface area (Å²) in [6.07, 6.45) is 2.19. The summed E-state index contributed by atoms with van der Waals surface area (Å²) in [7, 11) is 2.23. The van der Waals surface area contributed by atoms with E-state index in [1.807, 2.05) is 6.07 Å². The molecule has 0 spiro atoms. The number of aliphatic hydroxyl groups excluding tert-OH is 1. The summed E-state index contributed by atoms with van der Waals surface area (Å²) in [5.41, 5.74) is 2.58. The number of β-amino-alcohol motifs (C(OH)–C–C–N with tert-alkyl or cyclic N) is 1. The van der Waals surface area contributed by atoms with Crippen LogP contribution >= 0.6 is 0 Å². The Labute approximate surface area is 177 Å². The van der Waals surface area contributed by atoms with Gasteiger partial charge >= 0.3 is 0 Å². The number of aryl methyl sites for hydroxylation is 1. The van der Waals surface area contributed by atoms with Crippen molar-refractivity contribution >= 4 is 0 Å². The first-order chi connectivity index (χ1) is 13.7. The predicted octanol–water partition coefficient (Wildman–Crippen LogP) is 2.74. The van der Waals surface area contributed by atoms with Crippen LogP contribution in [-0.4, -0.2) is 91.4 Å². The minimum Gasteiger partial charge on any atom is -0.491 e. The lowest BCUT2D eigenvalue weighted by molar-refractivity contribution is 0.0246. The third-order valence-corrected chi connectivity index (χ3v) is 6.46. The van der Waals surface area contributed by atoms with Crippen LogP contribution in [0.25, 0.3) is 0 Å². The molecule has 2 heterocycles. The van der Waals surface area contributed by atoms with Crippen molar-refractivity contribution in [3.8, 4) is 5.75 Å². The molecule has 1 aromatic rings. The summed E-state index contributed by atoms with van der Waals surface area (Å²) in [6, 6.07) is 7.09. The van der Waals surface area contributed by atoms with Gasteiger partial charge in [-0.1, -0.05) is 32.9 Å². The molecular weight excluding hydrogens is 362 g/mol. The van der Waals surface area contributed by atoms with Gasteiger partial charge in [0.05, 0.1) is 0 Å². The number of rotatable bonds is 6. The lowest BCUT2D eigenvalue weighted by Gasteiger charge is -2.43. The first-order valence-corrected chi connectivity index (χ1v) is 11.3. The minimum absolute atomic E-state index is 0.137. The fourth-order valence-electron chi connectivity index (χ4n) is 4.56. The van der Waals surface area contributed by atoms with Crippen molar-refractivity contribution in [2.75, 3.05) is 59.5 Å². The van der Waals surface area contributed by atoms with Gasteiger partial charge in [0.25, 0.3) is 0 Å². The maximum atomic E-state index is 10.5. The lowest BCUT2D eigenvalue weighted by Crippen LogP contribution is -2.55. The Morgan fingerprint density at radius 3 is 2.48 bits per heavy atom. The van der Waals surface area contributed by atoms with Crippen molar-refractivity contribution in [2.24, 2.45) is 0 Å². The Bertz CT molecular complexity index is 650. The third-order valence-electron chi connectivity index (χ3n) is 6.46. The van der Waals surface area contributed by atoms with Gasteiger partial charge in [0.2, 0.25) is 0 Å². The fourth-order valence-corrected chi connectivity index (χ4v) is 4.56. The highest BCUT2D eigenvalue weighted by Crippen LogP contribution is 2.27. The Hall–Kier alpha value is -1.14. The van der Waals surface area contributed by atoms with Gasteiger partial charge in [-0.25, -0.2) is 0 Å². The molecule has 0 radical (unpaired) electrons. The van der Waals surface area contributed by atoms with Crippen LogP contribution in [0.4, 0.5) is 0 Å². The maximum Gasteiger partial charge on any atom is 0.122 e. The van der Waals surface area contributed by atoms with Gasteiger partial charge < -0.3 is 14.7 Å². The third kappa shape index (κ3) is 6.42. The average molecular weight is 404 g/mol. The van der Waals surface area contributed by atoms with Gasteiger partial charge in [-0.2, -0.15) is 0 Å². The SMILES string of the molecule is Cc1cc(C(C)(C)C)ccc1OCC(O)CN1CCN(C2CCCN(C)C2)CC1. The molecular formula is C24H41N3O2. The summed E-state index contributed by atoms with van der Waals surface area (Å²) in [5.74, 6) is 0.878. The number of hydrogen-bond acceptors (Lipinski definition) is 5. The number of nitrogens with zero attached hydrogens (tertiary/aromatic N) is 3. The van der Waals surface area contributed by atoms with E-state index in [1.54, 1.807) is 0 Å². The Kier molecular flexibility index (Phi) is 7.60. The largest absolute Gasteiger partial charge is 0.491 e. The number of likely N-dealkylation sites (N-methyl/N-ethyl adjacent to an activating group) is 1. The molecule has 2 saturated heterocycles. The zero-order valence-corrected chi connectivity index (χ0v) is 19.2. The van der Waals surface area contributed by atoms with Crippen molar-refractivity contribution in [3.05, 3.63) is 29.3 Å². The number of benzene rings is 1. The number of ether oxygens (including phenoxy) is 1.